The molecule has 0 saturated carbocycles. The topological polar surface area (TPSA) is 61.3 Å². The van der Waals surface area contributed by atoms with Gasteiger partial charge in [0.1, 0.15) is 5.82 Å². The molecule has 25 heavy (non-hydrogen) atoms. The van der Waals surface area contributed by atoms with E-state index in [2.05, 4.69) is 38.8 Å². The molecule has 1 saturated heterocycles. The molecule has 0 spiro atoms. The van der Waals surface area contributed by atoms with Crippen LogP contribution in [0.1, 0.15) is 29.7 Å². The third-order valence-electron chi connectivity index (χ3n) is 4.89. The van der Waals surface area contributed by atoms with Crippen LogP contribution in [-0.2, 0) is 13.0 Å². The zero-order valence-electron chi connectivity index (χ0n) is 15.2. The van der Waals surface area contributed by atoms with Crippen molar-refractivity contribution in [3.05, 3.63) is 29.2 Å². The van der Waals surface area contributed by atoms with Crippen molar-refractivity contribution in [2.75, 3.05) is 48.4 Å². The van der Waals surface area contributed by atoms with Gasteiger partial charge in [0.25, 0.3) is 0 Å². The van der Waals surface area contributed by atoms with Crippen molar-refractivity contribution < 1.29 is 0 Å². The number of aryl methyl sites for hydroxylation is 1. The van der Waals surface area contributed by atoms with E-state index in [-0.39, 0.29) is 0 Å². The fourth-order valence-corrected chi connectivity index (χ4v) is 3.53. The van der Waals surface area contributed by atoms with Gasteiger partial charge in [-0.2, -0.15) is 4.98 Å². The summed E-state index contributed by atoms with van der Waals surface area (Å²) in [6.07, 6.45) is 7.11. The summed E-state index contributed by atoms with van der Waals surface area (Å²) in [4.78, 5) is 25.4. The molecule has 132 valence electrons. The second-order valence-corrected chi connectivity index (χ2v) is 7.09. The van der Waals surface area contributed by atoms with Gasteiger partial charge in [-0.3, -0.25) is 0 Å². The fraction of sp³-hybridized carbons (Fsp3) is 0.556. The Morgan fingerprint density at radius 2 is 1.64 bits per heavy atom. The number of fused-ring (bicyclic) bond motifs is 1. The van der Waals surface area contributed by atoms with Crippen LogP contribution in [0.25, 0.3) is 0 Å². The Hall–Kier alpha value is -2.44. The lowest BCUT2D eigenvalue weighted by Gasteiger charge is -2.31. The van der Waals surface area contributed by atoms with Crippen LogP contribution in [0.3, 0.4) is 0 Å². The van der Waals surface area contributed by atoms with E-state index >= 15 is 0 Å². The molecule has 7 nitrogen and oxygen atoms in total. The van der Waals surface area contributed by atoms with Gasteiger partial charge in [-0.25, -0.2) is 15.0 Å². The molecule has 0 bridgehead atoms. The lowest BCUT2D eigenvalue weighted by Crippen LogP contribution is -2.35. The van der Waals surface area contributed by atoms with E-state index in [4.69, 9.17) is 9.97 Å². The number of nitrogens with zero attached hydrogens (tertiary/aromatic N) is 7. The highest BCUT2D eigenvalue weighted by Gasteiger charge is 2.26. The molecule has 0 aromatic carbocycles. The molecule has 0 unspecified atom stereocenters. The van der Waals surface area contributed by atoms with Crippen molar-refractivity contribution in [2.45, 2.75) is 32.7 Å². The van der Waals surface area contributed by atoms with E-state index in [0.29, 0.717) is 0 Å². The molecule has 0 N–H and O–H groups in total. The van der Waals surface area contributed by atoms with Crippen LogP contribution < -0.4 is 14.7 Å². The summed E-state index contributed by atoms with van der Waals surface area (Å²) in [7, 11) is 4.11. The highest BCUT2D eigenvalue weighted by atomic mass is 15.3. The van der Waals surface area contributed by atoms with E-state index in [9.17, 15) is 0 Å². The Labute approximate surface area is 148 Å². The summed E-state index contributed by atoms with van der Waals surface area (Å²) in [6, 6.07) is 0. The largest absolute Gasteiger partial charge is 0.362 e. The number of rotatable bonds is 3. The molecule has 4 heterocycles. The summed E-state index contributed by atoms with van der Waals surface area (Å²) < 4.78 is 0. The SMILES string of the molecule is Cc1cnc(N2CCc3nc(N4CCCC4)nc(N(C)C)c3C2)nc1. The van der Waals surface area contributed by atoms with Crippen molar-refractivity contribution in [1.82, 2.24) is 19.9 Å². The third-order valence-corrected chi connectivity index (χ3v) is 4.89. The van der Waals surface area contributed by atoms with Gasteiger partial charge < -0.3 is 14.7 Å². The number of anilines is 3. The zero-order valence-corrected chi connectivity index (χ0v) is 15.2. The predicted molar refractivity (Wildman–Crippen MR) is 99.3 cm³/mol. The average molecular weight is 339 g/mol. The molecule has 0 radical (unpaired) electrons. The molecular formula is C18H25N7. The minimum atomic E-state index is 0.756. The van der Waals surface area contributed by atoms with E-state index in [1.54, 1.807) is 0 Å². The molecular weight excluding hydrogens is 314 g/mol. The second kappa shape index (κ2) is 6.46. The number of aromatic nitrogens is 4. The van der Waals surface area contributed by atoms with Crippen molar-refractivity contribution in [1.29, 1.82) is 0 Å². The standard InChI is InChI=1S/C18H25N7/c1-13-10-19-17(20-11-13)25-9-6-15-14(12-25)16(23(2)3)22-18(21-15)24-7-4-5-8-24/h10-11H,4-9,12H2,1-3H3. The summed E-state index contributed by atoms with van der Waals surface area (Å²) >= 11 is 0. The molecule has 2 aromatic heterocycles. The van der Waals surface area contributed by atoms with Gasteiger partial charge in [-0.05, 0) is 25.3 Å². The predicted octanol–water partition coefficient (Wildman–Crippen LogP) is 1.80. The Balaban J connectivity index is 1.67. The van der Waals surface area contributed by atoms with Crippen LogP contribution in [0.4, 0.5) is 17.7 Å². The van der Waals surface area contributed by atoms with Gasteiger partial charge in [0.05, 0.1) is 12.2 Å². The first-order valence-corrected chi connectivity index (χ1v) is 8.97. The smallest absolute Gasteiger partial charge is 0.227 e. The molecule has 1 fully saturated rings. The Morgan fingerprint density at radius 3 is 2.32 bits per heavy atom. The van der Waals surface area contributed by atoms with E-state index < -0.39 is 0 Å². The van der Waals surface area contributed by atoms with Gasteiger partial charge in [-0.15, -0.1) is 0 Å². The minimum Gasteiger partial charge on any atom is -0.362 e. The van der Waals surface area contributed by atoms with Crippen molar-refractivity contribution in [3.63, 3.8) is 0 Å². The van der Waals surface area contributed by atoms with Crippen molar-refractivity contribution >= 4 is 17.7 Å². The van der Waals surface area contributed by atoms with Gasteiger partial charge in [0.15, 0.2) is 0 Å². The first kappa shape index (κ1) is 16.1. The maximum atomic E-state index is 4.90. The van der Waals surface area contributed by atoms with E-state index in [1.165, 1.54) is 24.1 Å². The van der Waals surface area contributed by atoms with Crippen LogP contribution in [0, 0.1) is 6.92 Å². The van der Waals surface area contributed by atoms with Crippen LogP contribution in [0.15, 0.2) is 12.4 Å². The highest BCUT2D eigenvalue weighted by molar-refractivity contribution is 5.55. The highest BCUT2D eigenvalue weighted by Crippen LogP contribution is 2.30. The Bertz CT molecular complexity index is 751. The zero-order chi connectivity index (χ0) is 17.4. The molecule has 0 amide bonds. The van der Waals surface area contributed by atoms with Crippen molar-refractivity contribution in [3.8, 4) is 0 Å². The quantitative estimate of drug-likeness (QED) is 0.845. The summed E-state index contributed by atoms with van der Waals surface area (Å²) in [5, 5.41) is 0. The number of hydrogen-bond acceptors (Lipinski definition) is 7. The lowest BCUT2D eigenvalue weighted by molar-refractivity contribution is 0.680. The fourth-order valence-electron chi connectivity index (χ4n) is 3.53. The van der Waals surface area contributed by atoms with Crippen LogP contribution in [0.5, 0.6) is 0 Å². The monoisotopic (exact) mass is 339 g/mol. The molecule has 0 atom stereocenters. The van der Waals surface area contributed by atoms with Crippen LogP contribution >= 0.6 is 0 Å². The van der Waals surface area contributed by atoms with Crippen LogP contribution in [0.2, 0.25) is 0 Å². The molecule has 0 aliphatic carbocycles. The van der Waals surface area contributed by atoms with Gasteiger partial charge >= 0.3 is 0 Å². The van der Waals surface area contributed by atoms with Gasteiger partial charge in [0.2, 0.25) is 11.9 Å². The summed E-state index contributed by atoms with van der Waals surface area (Å²) in [5.41, 5.74) is 3.45. The molecule has 2 aromatic rings. The number of hydrogen-bond donors (Lipinski definition) is 0. The molecule has 2 aliphatic heterocycles. The first-order valence-electron chi connectivity index (χ1n) is 8.97. The maximum absolute atomic E-state index is 4.90. The second-order valence-electron chi connectivity index (χ2n) is 7.09. The van der Waals surface area contributed by atoms with E-state index in [0.717, 1.165) is 55.9 Å². The van der Waals surface area contributed by atoms with Gasteiger partial charge in [0, 0.05) is 58.1 Å². The normalized spacial score (nSPS) is 16.9. The van der Waals surface area contributed by atoms with Crippen LogP contribution in [-0.4, -0.2) is 53.7 Å². The maximum Gasteiger partial charge on any atom is 0.227 e. The third kappa shape index (κ3) is 3.10. The first-order chi connectivity index (χ1) is 12.1. The summed E-state index contributed by atoms with van der Waals surface area (Å²) in [6.45, 7) is 5.78. The van der Waals surface area contributed by atoms with Gasteiger partial charge in [-0.1, -0.05) is 0 Å². The lowest BCUT2D eigenvalue weighted by atomic mass is 10.1. The average Bonchev–Trinajstić information content (AvgIpc) is 3.15. The van der Waals surface area contributed by atoms with E-state index in [1.807, 2.05) is 19.3 Å². The molecule has 2 aliphatic rings. The molecule has 4 rings (SSSR count). The van der Waals surface area contributed by atoms with Crippen molar-refractivity contribution in [2.24, 2.45) is 0 Å². The Morgan fingerprint density at radius 1 is 0.920 bits per heavy atom. The Kier molecular flexibility index (Phi) is 4.15. The minimum absolute atomic E-state index is 0.756. The molecule has 7 heteroatoms. The summed E-state index contributed by atoms with van der Waals surface area (Å²) in [5.74, 6) is 2.69.